The van der Waals surface area contributed by atoms with Gasteiger partial charge in [0.25, 0.3) is 0 Å². The number of nitrogens with one attached hydrogen (secondary N) is 2. The maximum absolute atomic E-state index is 10.2. The second-order valence-electron chi connectivity index (χ2n) is 3.05. The number of carboxylic acid groups (broad SMARTS) is 1. The van der Waals surface area contributed by atoms with Crippen LogP contribution in [0.1, 0.15) is 10.4 Å². The first-order chi connectivity index (χ1) is 7.30. The maximum atomic E-state index is 10.2. The van der Waals surface area contributed by atoms with Crippen molar-refractivity contribution < 1.29 is 9.90 Å². The Bertz CT molecular complexity index is 274. The lowest BCUT2D eigenvalue weighted by molar-refractivity contribution is 0.0696. The lowest BCUT2D eigenvalue weighted by atomic mass is 10.3. The van der Waals surface area contributed by atoms with E-state index in [1.165, 1.54) is 18.5 Å². The highest BCUT2D eigenvalue weighted by Crippen LogP contribution is 1.92. The van der Waals surface area contributed by atoms with E-state index in [9.17, 15) is 4.79 Å². The van der Waals surface area contributed by atoms with Crippen molar-refractivity contribution in [3.05, 3.63) is 30.1 Å². The van der Waals surface area contributed by atoms with Crippen LogP contribution in [-0.2, 0) is 0 Å². The number of pyridine rings is 1. The molecule has 1 saturated heterocycles. The Hall–Kier alpha value is -1.46. The van der Waals surface area contributed by atoms with Crippen molar-refractivity contribution >= 4 is 5.97 Å². The van der Waals surface area contributed by atoms with Crippen molar-refractivity contribution in [1.82, 2.24) is 15.6 Å². The summed E-state index contributed by atoms with van der Waals surface area (Å²) in [7, 11) is 0. The van der Waals surface area contributed by atoms with Gasteiger partial charge in [-0.2, -0.15) is 0 Å². The van der Waals surface area contributed by atoms with Crippen molar-refractivity contribution in [2.45, 2.75) is 0 Å². The SMILES string of the molecule is C1CNCCN1.O=C(O)c1cccnc1. The van der Waals surface area contributed by atoms with Crippen molar-refractivity contribution in [3.8, 4) is 0 Å². The summed E-state index contributed by atoms with van der Waals surface area (Å²) >= 11 is 0. The van der Waals surface area contributed by atoms with E-state index < -0.39 is 5.97 Å². The molecular formula is C10H15N3O2. The first-order valence-corrected chi connectivity index (χ1v) is 4.85. The van der Waals surface area contributed by atoms with Gasteiger partial charge in [0.2, 0.25) is 0 Å². The fourth-order valence-electron chi connectivity index (χ4n) is 1.09. The Morgan fingerprint density at radius 1 is 1.27 bits per heavy atom. The van der Waals surface area contributed by atoms with Gasteiger partial charge in [-0.1, -0.05) is 0 Å². The molecule has 0 bridgehead atoms. The molecular weight excluding hydrogens is 194 g/mol. The molecule has 0 saturated carbocycles. The number of hydrogen-bond donors (Lipinski definition) is 3. The van der Waals surface area contributed by atoms with E-state index in [2.05, 4.69) is 15.6 Å². The van der Waals surface area contributed by atoms with Crippen LogP contribution in [0, 0.1) is 0 Å². The second kappa shape index (κ2) is 6.92. The van der Waals surface area contributed by atoms with Crippen LogP contribution < -0.4 is 10.6 Å². The molecule has 1 aliphatic rings. The number of piperazine rings is 1. The molecule has 0 radical (unpaired) electrons. The van der Waals surface area contributed by atoms with Gasteiger partial charge in [-0.15, -0.1) is 0 Å². The number of nitrogens with zero attached hydrogens (tertiary/aromatic N) is 1. The summed E-state index contributed by atoms with van der Waals surface area (Å²) in [6.07, 6.45) is 2.84. The topological polar surface area (TPSA) is 74.2 Å². The Morgan fingerprint density at radius 2 is 1.87 bits per heavy atom. The molecule has 1 aromatic heterocycles. The zero-order valence-electron chi connectivity index (χ0n) is 8.44. The minimum absolute atomic E-state index is 0.220. The molecule has 3 N–H and O–H groups in total. The van der Waals surface area contributed by atoms with Gasteiger partial charge >= 0.3 is 5.97 Å². The van der Waals surface area contributed by atoms with Crippen LogP contribution in [-0.4, -0.2) is 42.2 Å². The largest absolute Gasteiger partial charge is 0.478 e. The molecule has 1 aromatic rings. The van der Waals surface area contributed by atoms with Gasteiger partial charge in [-0.3, -0.25) is 4.98 Å². The number of carboxylic acids is 1. The highest BCUT2D eigenvalue weighted by molar-refractivity contribution is 5.86. The molecule has 0 spiro atoms. The monoisotopic (exact) mass is 209 g/mol. The molecule has 0 unspecified atom stereocenters. The Labute approximate surface area is 88.5 Å². The van der Waals surface area contributed by atoms with Crippen LogP contribution in [0.15, 0.2) is 24.5 Å². The summed E-state index contributed by atoms with van der Waals surface area (Å²) in [5.74, 6) is -0.942. The molecule has 5 heteroatoms. The number of carbonyl (C=O) groups is 1. The third-order valence-corrected chi connectivity index (χ3v) is 1.87. The highest BCUT2D eigenvalue weighted by atomic mass is 16.4. The number of rotatable bonds is 1. The minimum Gasteiger partial charge on any atom is -0.478 e. The van der Waals surface area contributed by atoms with E-state index in [0.29, 0.717) is 0 Å². The summed E-state index contributed by atoms with van der Waals surface area (Å²) in [5, 5.41) is 14.8. The van der Waals surface area contributed by atoms with E-state index in [1.807, 2.05) is 0 Å². The first-order valence-electron chi connectivity index (χ1n) is 4.85. The van der Waals surface area contributed by atoms with Gasteiger partial charge in [0.1, 0.15) is 0 Å². The molecule has 1 aliphatic heterocycles. The van der Waals surface area contributed by atoms with Crippen LogP contribution in [0.4, 0.5) is 0 Å². The zero-order chi connectivity index (χ0) is 10.9. The van der Waals surface area contributed by atoms with E-state index in [-0.39, 0.29) is 5.56 Å². The highest BCUT2D eigenvalue weighted by Gasteiger charge is 1.97. The van der Waals surface area contributed by atoms with Crippen LogP contribution in [0.3, 0.4) is 0 Å². The molecule has 0 aromatic carbocycles. The van der Waals surface area contributed by atoms with Crippen molar-refractivity contribution in [2.24, 2.45) is 0 Å². The number of hydrogen-bond acceptors (Lipinski definition) is 4. The van der Waals surface area contributed by atoms with Gasteiger partial charge in [0.15, 0.2) is 0 Å². The summed E-state index contributed by atoms with van der Waals surface area (Å²) < 4.78 is 0. The summed E-state index contributed by atoms with van der Waals surface area (Å²) in [4.78, 5) is 13.8. The van der Waals surface area contributed by atoms with Gasteiger partial charge in [0.05, 0.1) is 5.56 Å². The third-order valence-electron chi connectivity index (χ3n) is 1.87. The fourth-order valence-corrected chi connectivity index (χ4v) is 1.09. The van der Waals surface area contributed by atoms with Crippen molar-refractivity contribution in [2.75, 3.05) is 26.2 Å². The van der Waals surface area contributed by atoms with Crippen LogP contribution in [0.25, 0.3) is 0 Å². The molecule has 0 aliphatic carbocycles. The standard InChI is InChI=1S/C6H5NO2.C4H10N2/c8-6(9)5-2-1-3-7-4-5;1-2-6-4-3-5-1/h1-4H,(H,8,9);5-6H,1-4H2. The normalized spacial score (nSPS) is 14.9. The van der Waals surface area contributed by atoms with Gasteiger partial charge < -0.3 is 15.7 Å². The third kappa shape index (κ3) is 5.09. The molecule has 2 rings (SSSR count). The maximum Gasteiger partial charge on any atom is 0.337 e. The van der Waals surface area contributed by atoms with Crippen LogP contribution >= 0.6 is 0 Å². The Kier molecular flexibility index (Phi) is 5.35. The van der Waals surface area contributed by atoms with E-state index in [1.54, 1.807) is 6.07 Å². The van der Waals surface area contributed by atoms with E-state index in [0.717, 1.165) is 26.2 Å². The average Bonchev–Trinajstić information content (AvgIpc) is 2.33. The molecule has 0 amide bonds. The zero-order valence-corrected chi connectivity index (χ0v) is 8.44. The minimum atomic E-state index is -0.942. The molecule has 2 heterocycles. The second-order valence-corrected chi connectivity index (χ2v) is 3.05. The Morgan fingerprint density at radius 3 is 2.13 bits per heavy atom. The molecule has 0 atom stereocenters. The van der Waals surface area contributed by atoms with Crippen molar-refractivity contribution in [1.29, 1.82) is 0 Å². The summed E-state index contributed by atoms with van der Waals surface area (Å²) in [5.41, 5.74) is 0.220. The summed E-state index contributed by atoms with van der Waals surface area (Å²) in [6, 6.07) is 3.08. The smallest absolute Gasteiger partial charge is 0.337 e. The van der Waals surface area contributed by atoms with Gasteiger partial charge in [0, 0.05) is 38.6 Å². The van der Waals surface area contributed by atoms with Gasteiger partial charge in [-0.05, 0) is 12.1 Å². The quantitative estimate of drug-likeness (QED) is 0.605. The predicted octanol–water partition coefficient (Wildman–Crippen LogP) is -0.0410. The van der Waals surface area contributed by atoms with Crippen molar-refractivity contribution in [3.63, 3.8) is 0 Å². The van der Waals surface area contributed by atoms with E-state index >= 15 is 0 Å². The lowest BCUT2D eigenvalue weighted by Gasteiger charge is -2.11. The number of aromatic nitrogens is 1. The van der Waals surface area contributed by atoms with Crippen LogP contribution in [0.2, 0.25) is 0 Å². The molecule has 5 nitrogen and oxygen atoms in total. The fraction of sp³-hybridized carbons (Fsp3) is 0.400. The molecule has 82 valence electrons. The van der Waals surface area contributed by atoms with Crippen LogP contribution in [0.5, 0.6) is 0 Å². The first kappa shape index (κ1) is 11.6. The molecule has 15 heavy (non-hydrogen) atoms. The van der Waals surface area contributed by atoms with E-state index in [4.69, 9.17) is 5.11 Å². The number of aromatic carboxylic acids is 1. The Balaban J connectivity index is 0.000000162. The lowest BCUT2D eigenvalue weighted by Crippen LogP contribution is -2.39. The molecule has 1 fully saturated rings. The van der Waals surface area contributed by atoms with Gasteiger partial charge in [-0.25, -0.2) is 4.79 Å². The summed E-state index contributed by atoms with van der Waals surface area (Å²) in [6.45, 7) is 4.56. The average molecular weight is 209 g/mol. The predicted molar refractivity (Wildman–Crippen MR) is 56.9 cm³/mol.